The number of nitrogens with two attached hydrogens (primary N) is 2. The molecule has 2 aromatic heterocycles. The molecule has 3 atom stereocenters. The molecular formula is C35H45ClFN7OS. The van der Waals surface area contributed by atoms with Gasteiger partial charge in [-0.1, -0.05) is 23.7 Å². The second kappa shape index (κ2) is 15.6. The number of hydrogen-bond donors (Lipinski definition) is 3. The highest BCUT2D eigenvalue weighted by atomic mass is 35.5. The molecule has 11 heteroatoms. The quantitative estimate of drug-likeness (QED) is 0.106. The lowest BCUT2D eigenvalue weighted by Gasteiger charge is -2.42. The van der Waals surface area contributed by atoms with Crippen molar-refractivity contribution in [3.63, 3.8) is 0 Å². The minimum Gasteiger partial charge on any atom is -0.388 e. The standard InChI is InChI=1S/C35H45ClFN7OS/c1-22(38)6-4-7-24-18-29(33(37)30(36)19-24)31-20-26-21-44(35(45)42-34(26)41-31)28-12-10-25(11-13-28)32-9-5-8-27(14-15-40-23(2)39)43(32)16-17-46-3/h10-13,18-22,27,32H,4-9,14-17,38H2,1-3H3,(H2,39,40)(H,41,42,45)/t22-,27-,32-/m0/s1. The van der Waals surface area contributed by atoms with E-state index >= 15 is 4.39 Å². The van der Waals surface area contributed by atoms with Crippen LogP contribution in [0.3, 0.4) is 0 Å². The van der Waals surface area contributed by atoms with Crippen molar-refractivity contribution in [3.8, 4) is 16.9 Å². The molecule has 5 N–H and O–H groups in total. The first-order chi connectivity index (χ1) is 22.1. The molecule has 0 amide bonds. The average molecular weight is 666 g/mol. The molecule has 1 aliphatic heterocycles. The Morgan fingerprint density at radius 3 is 2.74 bits per heavy atom. The number of aromatic amines is 1. The van der Waals surface area contributed by atoms with Crippen LogP contribution in [0.5, 0.6) is 0 Å². The molecular weight excluding hydrogens is 621 g/mol. The highest BCUT2D eigenvalue weighted by Gasteiger charge is 2.31. The molecule has 1 fully saturated rings. The Kier molecular flexibility index (Phi) is 11.6. The second-order valence-electron chi connectivity index (χ2n) is 12.4. The van der Waals surface area contributed by atoms with E-state index in [-0.39, 0.29) is 11.1 Å². The van der Waals surface area contributed by atoms with Gasteiger partial charge in [0.2, 0.25) is 0 Å². The van der Waals surface area contributed by atoms with Crippen molar-refractivity contribution < 1.29 is 4.39 Å². The Labute approximate surface area is 279 Å². The molecule has 46 heavy (non-hydrogen) atoms. The number of nitrogens with one attached hydrogen (secondary N) is 1. The van der Waals surface area contributed by atoms with Crippen LogP contribution in [-0.4, -0.2) is 62.5 Å². The van der Waals surface area contributed by atoms with Crippen LogP contribution in [0.15, 0.2) is 58.4 Å². The van der Waals surface area contributed by atoms with E-state index in [0.717, 1.165) is 75.0 Å². The summed E-state index contributed by atoms with van der Waals surface area (Å²) in [5, 5.41) is 0.764. The summed E-state index contributed by atoms with van der Waals surface area (Å²) in [6.07, 6.45) is 10.8. The molecule has 0 radical (unpaired) electrons. The number of likely N-dealkylation sites (tertiary alicyclic amines) is 1. The SMILES string of the molecule is CSCCN1[C@H](CCN=C(C)N)CCC[C@H]1c1ccc(-n2cc3cc(-c4cc(CCC[C@H](C)N)cc(Cl)c4F)[nH]c3nc2=O)cc1. The summed E-state index contributed by atoms with van der Waals surface area (Å²) >= 11 is 8.15. The predicted molar refractivity (Wildman–Crippen MR) is 191 cm³/mol. The zero-order valence-corrected chi connectivity index (χ0v) is 28.5. The Bertz CT molecular complexity index is 1710. The Morgan fingerprint density at radius 1 is 1.24 bits per heavy atom. The first-order valence-electron chi connectivity index (χ1n) is 16.1. The molecule has 2 aromatic carbocycles. The van der Waals surface area contributed by atoms with Gasteiger partial charge in [0.25, 0.3) is 0 Å². The minimum absolute atomic E-state index is 0.0649. The summed E-state index contributed by atoms with van der Waals surface area (Å²) in [5.74, 6) is 1.19. The summed E-state index contributed by atoms with van der Waals surface area (Å²) in [4.78, 5) is 27.7. The highest BCUT2D eigenvalue weighted by Crippen LogP contribution is 2.36. The molecule has 5 rings (SSSR count). The number of aliphatic imine (C=N–C) groups is 1. The number of amidine groups is 1. The third-order valence-corrected chi connectivity index (χ3v) is 9.69. The van der Waals surface area contributed by atoms with Gasteiger partial charge in [-0.25, -0.2) is 9.18 Å². The maximum atomic E-state index is 15.2. The number of nitrogens with zero attached hydrogens (tertiary/aromatic N) is 4. The van der Waals surface area contributed by atoms with Crippen LogP contribution in [0.2, 0.25) is 5.02 Å². The van der Waals surface area contributed by atoms with Gasteiger partial charge in [0.05, 0.1) is 22.2 Å². The number of halogens is 2. The molecule has 0 saturated carbocycles. The molecule has 4 aromatic rings. The van der Waals surface area contributed by atoms with Crippen molar-refractivity contribution in [2.75, 3.05) is 25.1 Å². The first-order valence-corrected chi connectivity index (χ1v) is 17.9. The van der Waals surface area contributed by atoms with Gasteiger partial charge in [0, 0.05) is 54.1 Å². The lowest BCUT2D eigenvalue weighted by atomic mass is 9.89. The van der Waals surface area contributed by atoms with Gasteiger partial charge in [0.1, 0.15) is 5.65 Å². The van der Waals surface area contributed by atoms with Crippen molar-refractivity contribution >= 4 is 40.2 Å². The van der Waals surface area contributed by atoms with Gasteiger partial charge in [0.15, 0.2) is 5.82 Å². The predicted octanol–water partition coefficient (Wildman–Crippen LogP) is 6.87. The van der Waals surface area contributed by atoms with Crippen molar-refractivity contribution in [2.45, 2.75) is 76.9 Å². The van der Waals surface area contributed by atoms with E-state index in [2.05, 4.69) is 38.2 Å². The zero-order chi connectivity index (χ0) is 32.8. The van der Waals surface area contributed by atoms with Gasteiger partial charge in [-0.3, -0.25) is 14.5 Å². The van der Waals surface area contributed by atoms with Crippen LogP contribution in [0.25, 0.3) is 28.0 Å². The average Bonchev–Trinajstić information content (AvgIpc) is 3.43. The van der Waals surface area contributed by atoms with E-state index in [1.165, 1.54) is 5.56 Å². The van der Waals surface area contributed by atoms with Gasteiger partial charge in [-0.05, 0) is 107 Å². The Balaban J connectivity index is 1.39. The second-order valence-corrected chi connectivity index (χ2v) is 13.8. The van der Waals surface area contributed by atoms with Crippen molar-refractivity contribution in [2.24, 2.45) is 16.5 Å². The molecule has 0 bridgehead atoms. The van der Waals surface area contributed by atoms with E-state index in [4.69, 9.17) is 23.1 Å². The molecule has 8 nitrogen and oxygen atoms in total. The number of hydrogen-bond acceptors (Lipinski definition) is 6. The number of aryl methyl sites for hydroxylation is 1. The number of piperidine rings is 1. The number of rotatable bonds is 13. The third kappa shape index (κ3) is 8.20. The summed E-state index contributed by atoms with van der Waals surface area (Å²) in [7, 11) is 0. The molecule has 0 spiro atoms. The fourth-order valence-electron chi connectivity index (χ4n) is 6.52. The molecule has 0 unspecified atom stereocenters. The van der Waals surface area contributed by atoms with E-state index in [1.54, 1.807) is 16.8 Å². The fraction of sp³-hybridized carbons (Fsp3) is 0.457. The summed E-state index contributed by atoms with van der Waals surface area (Å²) in [6.45, 7) is 5.57. The van der Waals surface area contributed by atoms with Crippen LogP contribution >= 0.6 is 23.4 Å². The lowest BCUT2D eigenvalue weighted by Crippen LogP contribution is -2.43. The molecule has 1 saturated heterocycles. The largest absolute Gasteiger partial charge is 0.388 e. The maximum Gasteiger partial charge on any atom is 0.354 e. The van der Waals surface area contributed by atoms with Crippen LogP contribution in [0, 0.1) is 5.82 Å². The van der Waals surface area contributed by atoms with Gasteiger partial charge in [-0.2, -0.15) is 16.7 Å². The third-order valence-electron chi connectivity index (χ3n) is 8.83. The van der Waals surface area contributed by atoms with Crippen LogP contribution in [0.1, 0.15) is 69.5 Å². The highest BCUT2D eigenvalue weighted by molar-refractivity contribution is 7.98. The van der Waals surface area contributed by atoms with Crippen LogP contribution < -0.4 is 17.2 Å². The number of thioether (sulfide) groups is 1. The van der Waals surface area contributed by atoms with E-state index in [9.17, 15) is 4.79 Å². The normalized spacial score (nSPS) is 18.3. The number of H-pyrrole nitrogens is 1. The lowest BCUT2D eigenvalue weighted by molar-refractivity contribution is 0.0860. The van der Waals surface area contributed by atoms with Crippen molar-refractivity contribution in [1.29, 1.82) is 0 Å². The topological polar surface area (TPSA) is 118 Å². The van der Waals surface area contributed by atoms with Gasteiger partial charge in [-0.15, -0.1) is 0 Å². The fourth-order valence-corrected chi connectivity index (χ4v) is 7.16. The summed E-state index contributed by atoms with van der Waals surface area (Å²) in [6, 6.07) is 14.4. The molecule has 1 aliphatic rings. The van der Waals surface area contributed by atoms with Crippen LogP contribution in [0.4, 0.5) is 4.39 Å². The number of fused-ring (bicyclic) bond motifs is 1. The molecule has 246 valence electrons. The molecule has 3 heterocycles. The van der Waals surface area contributed by atoms with Gasteiger partial charge >= 0.3 is 5.69 Å². The summed E-state index contributed by atoms with van der Waals surface area (Å²) < 4.78 is 16.7. The smallest absolute Gasteiger partial charge is 0.354 e. The van der Waals surface area contributed by atoms with Crippen LogP contribution in [-0.2, 0) is 6.42 Å². The first kappa shape index (κ1) is 34.2. The number of benzene rings is 2. The monoisotopic (exact) mass is 665 g/mol. The minimum atomic E-state index is -0.506. The number of aromatic nitrogens is 3. The van der Waals surface area contributed by atoms with E-state index < -0.39 is 11.5 Å². The zero-order valence-electron chi connectivity index (χ0n) is 26.9. The Morgan fingerprint density at radius 2 is 2.02 bits per heavy atom. The van der Waals surface area contributed by atoms with E-state index in [0.29, 0.717) is 40.2 Å². The van der Waals surface area contributed by atoms with Crippen molar-refractivity contribution in [3.05, 3.63) is 81.1 Å². The van der Waals surface area contributed by atoms with E-state index in [1.807, 2.05) is 49.9 Å². The van der Waals surface area contributed by atoms with Gasteiger partial charge < -0.3 is 16.5 Å². The van der Waals surface area contributed by atoms with Crippen molar-refractivity contribution in [1.82, 2.24) is 19.4 Å². The maximum absolute atomic E-state index is 15.2. The Hall–Kier alpha value is -3.18. The molecule has 0 aliphatic carbocycles. The summed E-state index contributed by atoms with van der Waals surface area (Å²) in [5.41, 5.74) is 15.5.